The van der Waals surface area contributed by atoms with Crippen LogP contribution in [0.25, 0.3) is 0 Å². The van der Waals surface area contributed by atoms with E-state index in [0.29, 0.717) is 5.82 Å². The quantitative estimate of drug-likeness (QED) is 0.604. The van der Waals surface area contributed by atoms with Gasteiger partial charge in [0.1, 0.15) is 5.82 Å². The molecule has 0 saturated carbocycles. The predicted molar refractivity (Wildman–Crippen MR) is 61.6 cm³/mol. The van der Waals surface area contributed by atoms with Gasteiger partial charge >= 0.3 is 0 Å². The Morgan fingerprint density at radius 1 is 1.40 bits per heavy atom. The first-order valence-corrected chi connectivity index (χ1v) is 4.75. The number of aromatic nitrogens is 1. The largest absolute Gasteiger partial charge is 0.307 e. The van der Waals surface area contributed by atoms with Gasteiger partial charge in [-0.15, -0.1) is 0 Å². The molecule has 1 rings (SSSR count). The standard InChI is InChI=1S/C12H14N2O/c1-3-4-5-6-12(15)14-11-8-7-10(2)9-13-11/h3-9H,1-2H3,(H,13,14,15). The number of nitrogens with zero attached hydrogens (tertiary/aromatic N) is 1. The Balaban J connectivity index is 2.55. The van der Waals surface area contributed by atoms with Crippen LogP contribution in [-0.4, -0.2) is 10.9 Å². The minimum atomic E-state index is -0.176. The van der Waals surface area contributed by atoms with Crippen molar-refractivity contribution in [2.24, 2.45) is 0 Å². The molecule has 0 saturated heterocycles. The maximum Gasteiger partial charge on any atom is 0.249 e. The number of amides is 1. The average molecular weight is 202 g/mol. The number of hydrogen-bond acceptors (Lipinski definition) is 2. The van der Waals surface area contributed by atoms with Crippen LogP contribution < -0.4 is 5.32 Å². The molecule has 0 aliphatic rings. The third-order valence-corrected chi connectivity index (χ3v) is 1.71. The van der Waals surface area contributed by atoms with Crippen molar-refractivity contribution < 1.29 is 4.79 Å². The van der Waals surface area contributed by atoms with Crippen molar-refractivity contribution >= 4 is 11.7 Å². The van der Waals surface area contributed by atoms with Crippen LogP contribution in [0.1, 0.15) is 12.5 Å². The Bertz CT molecular complexity index is 377. The second-order valence-corrected chi connectivity index (χ2v) is 3.09. The van der Waals surface area contributed by atoms with Gasteiger partial charge in [0.15, 0.2) is 0 Å². The minimum absolute atomic E-state index is 0.176. The average Bonchev–Trinajstić information content (AvgIpc) is 2.22. The lowest BCUT2D eigenvalue weighted by atomic mass is 10.3. The first-order chi connectivity index (χ1) is 7.22. The fourth-order valence-corrected chi connectivity index (χ4v) is 0.964. The highest BCUT2D eigenvalue weighted by Crippen LogP contribution is 2.03. The summed E-state index contributed by atoms with van der Waals surface area (Å²) in [6, 6.07) is 3.68. The van der Waals surface area contributed by atoms with E-state index in [-0.39, 0.29) is 5.91 Å². The van der Waals surface area contributed by atoms with Crippen LogP contribution in [0.5, 0.6) is 0 Å². The number of hydrogen-bond donors (Lipinski definition) is 1. The van der Waals surface area contributed by atoms with Crippen LogP contribution in [0.2, 0.25) is 0 Å². The molecule has 78 valence electrons. The van der Waals surface area contributed by atoms with Gasteiger partial charge in [-0.3, -0.25) is 4.79 Å². The van der Waals surface area contributed by atoms with E-state index >= 15 is 0 Å². The lowest BCUT2D eigenvalue weighted by Crippen LogP contribution is -2.08. The first kappa shape index (κ1) is 11.2. The summed E-state index contributed by atoms with van der Waals surface area (Å²) in [5.41, 5.74) is 1.07. The molecule has 3 nitrogen and oxygen atoms in total. The topological polar surface area (TPSA) is 42.0 Å². The van der Waals surface area contributed by atoms with Crippen molar-refractivity contribution in [1.29, 1.82) is 0 Å². The molecular formula is C12H14N2O. The third kappa shape index (κ3) is 4.22. The van der Waals surface area contributed by atoms with E-state index in [4.69, 9.17) is 0 Å². The van der Waals surface area contributed by atoms with Crippen molar-refractivity contribution in [1.82, 2.24) is 4.98 Å². The molecular weight excluding hydrogens is 188 g/mol. The van der Waals surface area contributed by atoms with Crippen LogP contribution in [-0.2, 0) is 4.79 Å². The van der Waals surface area contributed by atoms with Crippen molar-refractivity contribution in [3.8, 4) is 0 Å². The Morgan fingerprint density at radius 3 is 2.80 bits per heavy atom. The Kier molecular flexibility index (Phi) is 4.29. The zero-order chi connectivity index (χ0) is 11.1. The van der Waals surface area contributed by atoms with E-state index < -0.39 is 0 Å². The molecule has 0 aromatic carbocycles. The molecule has 0 spiro atoms. The number of anilines is 1. The molecule has 0 bridgehead atoms. The van der Waals surface area contributed by atoms with Crippen molar-refractivity contribution in [2.45, 2.75) is 13.8 Å². The summed E-state index contributed by atoms with van der Waals surface area (Å²) in [6.07, 6.45) is 8.51. The van der Waals surface area contributed by atoms with Crippen LogP contribution >= 0.6 is 0 Å². The van der Waals surface area contributed by atoms with Gasteiger partial charge in [0.25, 0.3) is 0 Å². The van der Waals surface area contributed by atoms with Crippen LogP contribution in [0.15, 0.2) is 42.6 Å². The predicted octanol–water partition coefficient (Wildman–Crippen LogP) is 2.46. The monoisotopic (exact) mass is 202 g/mol. The summed E-state index contributed by atoms with van der Waals surface area (Å²) in [6.45, 7) is 3.84. The molecule has 3 heteroatoms. The van der Waals surface area contributed by atoms with Gasteiger partial charge in [-0.05, 0) is 25.5 Å². The summed E-state index contributed by atoms with van der Waals surface area (Å²) >= 11 is 0. The Hall–Kier alpha value is -1.90. The van der Waals surface area contributed by atoms with Crippen molar-refractivity contribution in [3.05, 3.63) is 48.2 Å². The summed E-state index contributed by atoms with van der Waals surface area (Å²) in [7, 11) is 0. The summed E-state index contributed by atoms with van der Waals surface area (Å²) in [5.74, 6) is 0.389. The highest BCUT2D eigenvalue weighted by atomic mass is 16.1. The van der Waals surface area contributed by atoms with E-state index in [2.05, 4.69) is 10.3 Å². The van der Waals surface area contributed by atoms with Gasteiger partial charge in [-0.25, -0.2) is 4.98 Å². The number of carbonyl (C=O) groups excluding carboxylic acids is 1. The fraction of sp³-hybridized carbons (Fsp3) is 0.167. The number of rotatable bonds is 3. The van der Waals surface area contributed by atoms with E-state index in [1.807, 2.05) is 26.0 Å². The van der Waals surface area contributed by atoms with Gasteiger partial charge in [0.05, 0.1) is 0 Å². The minimum Gasteiger partial charge on any atom is -0.307 e. The van der Waals surface area contributed by atoms with E-state index in [1.165, 1.54) is 6.08 Å². The van der Waals surface area contributed by atoms with Gasteiger partial charge in [-0.2, -0.15) is 0 Å². The lowest BCUT2D eigenvalue weighted by molar-refractivity contribution is -0.111. The van der Waals surface area contributed by atoms with Gasteiger partial charge in [-0.1, -0.05) is 24.3 Å². The highest BCUT2D eigenvalue weighted by molar-refractivity contribution is 5.98. The maximum absolute atomic E-state index is 11.3. The molecule has 0 aliphatic carbocycles. The van der Waals surface area contributed by atoms with Gasteiger partial charge < -0.3 is 5.32 Å². The molecule has 0 fully saturated rings. The maximum atomic E-state index is 11.3. The molecule has 1 heterocycles. The highest BCUT2D eigenvalue weighted by Gasteiger charge is 1.96. The van der Waals surface area contributed by atoms with E-state index in [1.54, 1.807) is 24.4 Å². The fourth-order valence-electron chi connectivity index (χ4n) is 0.964. The van der Waals surface area contributed by atoms with E-state index in [0.717, 1.165) is 5.56 Å². The zero-order valence-corrected chi connectivity index (χ0v) is 8.90. The van der Waals surface area contributed by atoms with Crippen LogP contribution in [0, 0.1) is 6.92 Å². The molecule has 0 atom stereocenters. The second-order valence-electron chi connectivity index (χ2n) is 3.09. The SMILES string of the molecule is CC=CC=CC(=O)Nc1ccc(C)cn1. The molecule has 15 heavy (non-hydrogen) atoms. The first-order valence-electron chi connectivity index (χ1n) is 4.75. The van der Waals surface area contributed by atoms with Crippen molar-refractivity contribution in [2.75, 3.05) is 5.32 Å². The number of allylic oxidation sites excluding steroid dienone is 3. The van der Waals surface area contributed by atoms with Crippen LogP contribution in [0.3, 0.4) is 0 Å². The molecule has 1 aromatic rings. The summed E-state index contributed by atoms with van der Waals surface area (Å²) < 4.78 is 0. The molecule has 1 aromatic heterocycles. The number of carbonyl (C=O) groups is 1. The van der Waals surface area contributed by atoms with Gasteiger partial charge in [0.2, 0.25) is 5.91 Å². The van der Waals surface area contributed by atoms with Crippen molar-refractivity contribution in [3.63, 3.8) is 0 Å². The molecule has 0 unspecified atom stereocenters. The lowest BCUT2D eigenvalue weighted by Gasteiger charge is -2.00. The smallest absolute Gasteiger partial charge is 0.249 e. The number of aryl methyl sites for hydroxylation is 1. The Labute approximate surface area is 89.5 Å². The van der Waals surface area contributed by atoms with Crippen LogP contribution in [0.4, 0.5) is 5.82 Å². The second kappa shape index (κ2) is 5.75. The normalized spacial score (nSPS) is 11.1. The number of nitrogens with one attached hydrogen (secondary N) is 1. The van der Waals surface area contributed by atoms with Gasteiger partial charge in [0, 0.05) is 12.3 Å². The molecule has 1 N–H and O–H groups in total. The summed E-state index contributed by atoms with van der Waals surface area (Å²) in [4.78, 5) is 15.4. The van der Waals surface area contributed by atoms with E-state index in [9.17, 15) is 4.79 Å². The zero-order valence-electron chi connectivity index (χ0n) is 8.90. The molecule has 0 aliphatic heterocycles. The molecule has 1 amide bonds. The molecule has 0 radical (unpaired) electrons. The summed E-state index contributed by atoms with van der Waals surface area (Å²) in [5, 5.41) is 2.66. The Morgan fingerprint density at radius 2 is 2.20 bits per heavy atom. The number of pyridine rings is 1. The third-order valence-electron chi connectivity index (χ3n) is 1.71.